The van der Waals surface area contributed by atoms with Crippen LogP contribution in [0.2, 0.25) is 0 Å². The average molecular weight is 240 g/mol. The van der Waals surface area contributed by atoms with E-state index < -0.39 is 0 Å². The molecule has 0 aromatic heterocycles. The number of nitrogens with one attached hydrogen (secondary N) is 1. The van der Waals surface area contributed by atoms with E-state index in [4.69, 9.17) is 4.74 Å². The molecule has 1 fully saturated rings. The molecule has 4 nitrogen and oxygen atoms in total. The van der Waals surface area contributed by atoms with Gasteiger partial charge in [0.15, 0.2) is 0 Å². The minimum absolute atomic E-state index is 0.0285. The lowest BCUT2D eigenvalue weighted by Gasteiger charge is -2.13. The van der Waals surface area contributed by atoms with E-state index in [0.29, 0.717) is 12.1 Å². The van der Waals surface area contributed by atoms with E-state index >= 15 is 0 Å². The van der Waals surface area contributed by atoms with Gasteiger partial charge in [-0.1, -0.05) is 6.58 Å². The predicted octanol–water partition coefficient (Wildman–Crippen LogP) is 1.18. The molecule has 98 valence electrons. The minimum Gasteiger partial charge on any atom is -0.376 e. The van der Waals surface area contributed by atoms with Crippen LogP contribution in [-0.4, -0.2) is 50.7 Å². The molecular formula is C13H24N2O2. The van der Waals surface area contributed by atoms with E-state index in [9.17, 15) is 4.79 Å². The van der Waals surface area contributed by atoms with Crippen LogP contribution < -0.4 is 5.32 Å². The van der Waals surface area contributed by atoms with Crippen molar-refractivity contribution in [1.29, 1.82) is 0 Å². The molecule has 1 unspecified atom stereocenters. The summed E-state index contributed by atoms with van der Waals surface area (Å²) in [4.78, 5) is 13.8. The Kier molecular flexibility index (Phi) is 6.22. The van der Waals surface area contributed by atoms with E-state index in [1.807, 2.05) is 14.1 Å². The molecule has 4 heteroatoms. The maximum atomic E-state index is 11.7. The van der Waals surface area contributed by atoms with Crippen LogP contribution in [0.3, 0.4) is 0 Å². The van der Waals surface area contributed by atoms with Crippen molar-refractivity contribution in [2.75, 3.05) is 33.8 Å². The fourth-order valence-corrected chi connectivity index (χ4v) is 1.86. The highest BCUT2D eigenvalue weighted by atomic mass is 16.5. The summed E-state index contributed by atoms with van der Waals surface area (Å²) in [6.07, 6.45) is 4.08. The Morgan fingerprint density at radius 1 is 1.53 bits per heavy atom. The zero-order valence-corrected chi connectivity index (χ0v) is 11.0. The zero-order chi connectivity index (χ0) is 12.7. The average Bonchev–Trinajstić information content (AvgIpc) is 2.78. The largest absolute Gasteiger partial charge is 0.376 e. The molecule has 0 aromatic rings. The van der Waals surface area contributed by atoms with Gasteiger partial charge in [0.05, 0.1) is 6.10 Å². The molecule has 0 aliphatic carbocycles. The lowest BCUT2D eigenvalue weighted by atomic mass is 10.1. The fraction of sp³-hybridized carbons (Fsp3) is 0.769. The van der Waals surface area contributed by atoms with Crippen molar-refractivity contribution in [3.63, 3.8) is 0 Å². The molecule has 0 spiro atoms. The molecular weight excluding hydrogens is 216 g/mol. The van der Waals surface area contributed by atoms with E-state index in [2.05, 4.69) is 16.8 Å². The highest BCUT2D eigenvalue weighted by Crippen LogP contribution is 2.11. The first-order valence-electron chi connectivity index (χ1n) is 6.32. The summed E-state index contributed by atoms with van der Waals surface area (Å²) in [6, 6.07) is 0. The summed E-state index contributed by atoms with van der Waals surface area (Å²) in [5.41, 5.74) is 0.671. The number of ether oxygens (including phenoxy) is 1. The molecule has 1 N–H and O–H groups in total. The molecule has 1 amide bonds. The fourth-order valence-electron chi connectivity index (χ4n) is 1.86. The molecule has 1 rings (SSSR count). The zero-order valence-electron chi connectivity index (χ0n) is 11.0. The second-order valence-electron chi connectivity index (χ2n) is 4.86. The van der Waals surface area contributed by atoms with Gasteiger partial charge in [-0.05, 0) is 46.3 Å². The van der Waals surface area contributed by atoms with Crippen molar-refractivity contribution in [3.05, 3.63) is 12.2 Å². The van der Waals surface area contributed by atoms with Gasteiger partial charge in [-0.15, -0.1) is 0 Å². The van der Waals surface area contributed by atoms with Gasteiger partial charge >= 0.3 is 0 Å². The first-order valence-corrected chi connectivity index (χ1v) is 6.32. The van der Waals surface area contributed by atoms with Crippen molar-refractivity contribution >= 4 is 5.91 Å². The van der Waals surface area contributed by atoms with Crippen molar-refractivity contribution in [2.24, 2.45) is 0 Å². The number of hydrogen-bond acceptors (Lipinski definition) is 3. The maximum Gasteiger partial charge on any atom is 0.246 e. The number of rotatable bonds is 7. The minimum atomic E-state index is -0.0285. The van der Waals surface area contributed by atoms with Crippen LogP contribution in [-0.2, 0) is 9.53 Å². The standard InChI is InChI=1S/C13H24N2O2/c1-11(6-4-8-15(2)3)13(16)14-10-12-7-5-9-17-12/h12H,1,4-10H2,2-3H3,(H,14,16). The SMILES string of the molecule is C=C(CCCN(C)C)C(=O)NCC1CCCO1. The lowest BCUT2D eigenvalue weighted by molar-refractivity contribution is -0.118. The Morgan fingerprint density at radius 2 is 2.29 bits per heavy atom. The van der Waals surface area contributed by atoms with Crippen LogP contribution in [0.5, 0.6) is 0 Å². The number of carbonyl (C=O) groups excluding carboxylic acids is 1. The van der Waals surface area contributed by atoms with Gasteiger partial charge in [-0.3, -0.25) is 4.79 Å². The van der Waals surface area contributed by atoms with E-state index in [0.717, 1.165) is 38.8 Å². The van der Waals surface area contributed by atoms with Crippen LogP contribution >= 0.6 is 0 Å². The van der Waals surface area contributed by atoms with Crippen molar-refractivity contribution in [1.82, 2.24) is 10.2 Å². The molecule has 1 atom stereocenters. The molecule has 0 bridgehead atoms. The smallest absolute Gasteiger partial charge is 0.246 e. The second-order valence-corrected chi connectivity index (χ2v) is 4.86. The highest BCUT2D eigenvalue weighted by molar-refractivity contribution is 5.92. The number of hydrogen-bond donors (Lipinski definition) is 1. The third-order valence-corrected chi connectivity index (χ3v) is 2.92. The van der Waals surface area contributed by atoms with Crippen LogP contribution in [0.1, 0.15) is 25.7 Å². The van der Waals surface area contributed by atoms with Crippen LogP contribution in [0.15, 0.2) is 12.2 Å². The third kappa shape index (κ3) is 5.84. The predicted molar refractivity (Wildman–Crippen MR) is 68.9 cm³/mol. The van der Waals surface area contributed by atoms with Crippen molar-refractivity contribution < 1.29 is 9.53 Å². The van der Waals surface area contributed by atoms with Gasteiger partial charge in [-0.25, -0.2) is 0 Å². The molecule has 1 aliphatic heterocycles. The van der Waals surface area contributed by atoms with Crippen LogP contribution in [0, 0.1) is 0 Å². The topological polar surface area (TPSA) is 41.6 Å². The number of carbonyl (C=O) groups is 1. The molecule has 17 heavy (non-hydrogen) atoms. The summed E-state index contributed by atoms with van der Waals surface area (Å²) in [7, 11) is 4.06. The lowest BCUT2D eigenvalue weighted by Crippen LogP contribution is -2.32. The van der Waals surface area contributed by atoms with Gasteiger partial charge in [0.2, 0.25) is 5.91 Å². The van der Waals surface area contributed by atoms with E-state index in [1.165, 1.54) is 0 Å². The second kappa shape index (κ2) is 7.45. The van der Waals surface area contributed by atoms with Crippen LogP contribution in [0.4, 0.5) is 0 Å². The highest BCUT2D eigenvalue weighted by Gasteiger charge is 2.16. The normalized spacial score (nSPS) is 19.6. The molecule has 0 saturated carbocycles. The first-order chi connectivity index (χ1) is 8.09. The Balaban J connectivity index is 2.11. The number of amides is 1. The van der Waals surface area contributed by atoms with Gasteiger partial charge in [0, 0.05) is 18.7 Å². The van der Waals surface area contributed by atoms with Gasteiger partial charge in [0.25, 0.3) is 0 Å². The quantitative estimate of drug-likeness (QED) is 0.679. The molecule has 1 saturated heterocycles. The summed E-state index contributed by atoms with van der Waals surface area (Å²) >= 11 is 0. The Bertz CT molecular complexity index is 258. The van der Waals surface area contributed by atoms with Crippen LogP contribution in [0.25, 0.3) is 0 Å². The summed E-state index contributed by atoms with van der Waals surface area (Å²) in [5.74, 6) is -0.0285. The van der Waals surface area contributed by atoms with Gasteiger partial charge in [-0.2, -0.15) is 0 Å². The van der Waals surface area contributed by atoms with Crippen molar-refractivity contribution in [3.8, 4) is 0 Å². The Labute approximate surface area is 104 Å². The van der Waals surface area contributed by atoms with Gasteiger partial charge in [0.1, 0.15) is 0 Å². The Hall–Kier alpha value is -0.870. The van der Waals surface area contributed by atoms with Crippen molar-refractivity contribution in [2.45, 2.75) is 31.8 Å². The first kappa shape index (κ1) is 14.2. The molecule has 0 aromatic carbocycles. The summed E-state index contributed by atoms with van der Waals surface area (Å²) in [6.45, 7) is 6.25. The molecule has 0 radical (unpaired) electrons. The van der Waals surface area contributed by atoms with E-state index in [1.54, 1.807) is 0 Å². The monoisotopic (exact) mass is 240 g/mol. The van der Waals surface area contributed by atoms with Gasteiger partial charge < -0.3 is 15.0 Å². The summed E-state index contributed by atoms with van der Waals surface area (Å²) in [5, 5.41) is 2.89. The molecule has 1 heterocycles. The maximum absolute atomic E-state index is 11.7. The Morgan fingerprint density at radius 3 is 2.88 bits per heavy atom. The third-order valence-electron chi connectivity index (χ3n) is 2.92. The molecule has 1 aliphatic rings. The number of nitrogens with zero attached hydrogens (tertiary/aromatic N) is 1. The summed E-state index contributed by atoms with van der Waals surface area (Å²) < 4.78 is 5.44. The van der Waals surface area contributed by atoms with E-state index in [-0.39, 0.29) is 12.0 Å².